The highest BCUT2D eigenvalue weighted by molar-refractivity contribution is 6.10. The molecule has 0 amide bonds. The molecule has 190 valence electrons. The molecule has 1 aliphatic heterocycles. The van der Waals surface area contributed by atoms with Gasteiger partial charge in [0, 0.05) is 22.6 Å². The van der Waals surface area contributed by atoms with E-state index in [0.717, 1.165) is 16.8 Å². The Bertz CT molecular complexity index is 1550. The molecule has 1 aliphatic rings. The Kier molecular flexibility index (Phi) is 6.96. The molecule has 1 aromatic heterocycles. The summed E-state index contributed by atoms with van der Waals surface area (Å²) in [6.07, 6.45) is 0. The number of nitrogens with zero attached hydrogens (tertiary/aromatic N) is 1. The van der Waals surface area contributed by atoms with Gasteiger partial charge in [-0.05, 0) is 49.4 Å². The first-order chi connectivity index (χ1) is 18.4. The average Bonchev–Trinajstić information content (AvgIpc) is 3.49. The van der Waals surface area contributed by atoms with E-state index in [0.29, 0.717) is 29.0 Å². The summed E-state index contributed by atoms with van der Waals surface area (Å²) in [5.74, 6) is -0.806. The lowest BCUT2D eigenvalue weighted by Crippen LogP contribution is -2.26. The molecular weight excluding hydrogens is 481 g/mol. The molecule has 1 atom stereocenters. The lowest BCUT2D eigenvalue weighted by atomic mass is 9.98. The van der Waals surface area contributed by atoms with Gasteiger partial charge in [0.25, 0.3) is 0 Å². The number of hydrogen-bond donors (Lipinski definition) is 1. The van der Waals surface area contributed by atoms with Crippen LogP contribution in [0.1, 0.15) is 17.3 Å². The second-order valence-electron chi connectivity index (χ2n) is 8.93. The number of carboxylic acid groups (broad SMARTS) is 1. The number of benzene rings is 4. The summed E-state index contributed by atoms with van der Waals surface area (Å²) >= 11 is 0. The van der Waals surface area contributed by atoms with Crippen LogP contribution in [0.25, 0.3) is 33.4 Å². The molecule has 2 heterocycles. The summed E-state index contributed by atoms with van der Waals surface area (Å²) in [5, 5.41) is 10.5. The number of fused-ring (bicyclic) bond motifs is 1. The van der Waals surface area contributed by atoms with Crippen LogP contribution in [-0.2, 0) is 4.74 Å². The van der Waals surface area contributed by atoms with Crippen LogP contribution >= 0.6 is 0 Å². The number of hydrogen-bond acceptors (Lipinski definition) is 4. The molecule has 5 nitrogen and oxygen atoms in total. The number of carboxylic acids is 1. The van der Waals surface area contributed by atoms with Gasteiger partial charge in [-0.15, -0.1) is 0 Å². The van der Waals surface area contributed by atoms with Gasteiger partial charge in [0.2, 0.25) is 0 Å². The van der Waals surface area contributed by atoms with Gasteiger partial charge in [-0.1, -0.05) is 66.7 Å². The van der Waals surface area contributed by atoms with Gasteiger partial charge in [0.15, 0.2) is 5.88 Å². The van der Waals surface area contributed by atoms with Crippen molar-refractivity contribution in [3.63, 3.8) is 0 Å². The lowest BCUT2D eigenvalue weighted by Gasteiger charge is -2.24. The van der Waals surface area contributed by atoms with Gasteiger partial charge in [-0.3, -0.25) is 0 Å². The molecule has 38 heavy (non-hydrogen) atoms. The third kappa shape index (κ3) is 4.89. The molecule has 6 rings (SSSR count). The third-order valence-corrected chi connectivity index (χ3v) is 6.34. The van der Waals surface area contributed by atoms with Crippen molar-refractivity contribution >= 4 is 22.6 Å². The van der Waals surface area contributed by atoms with Crippen molar-refractivity contribution in [3.05, 3.63) is 127 Å². The smallest absolute Gasteiger partial charge is 0.340 e. The van der Waals surface area contributed by atoms with Crippen LogP contribution in [-0.4, -0.2) is 23.7 Å². The molecule has 1 fully saturated rings. The third-order valence-electron chi connectivity index (χ3n) is 6.34. The first-order valence-corrected chi connectivity index (χ1v) is 12.2. The summed E-state index contributed by atoms with van der Waals surface area (Å²) in [7, 11) is 0. The molecule has 4 aromatic carbocycles. The monoisotopic (exact) mass is 507 g/mol. The topological polar surface area (TPSA) is 62.9 Å². The quantitative estimate of drug-likeness (QED) is 0.267. The fourth-order valence-electron chi connectivity index (χ4n) is 4.56. The van der Waals surface area contributed by atoms with Crippen molar-refractivity contribution in [1.82, 2.24) is 0 Å². The van der Waals surface area contributed by atoms with Crippen molar-refractivity contribution < 1.29 is 23.4 Å². The Balaban J connectivity index is 0.000000433. The van der Waals surface area contributed by atoms with Gasteiger partial charge in [-0.2, -0.15) is 0 Å². The molecule has 0 radical (unpaired) electrons. The molecule has 0 spiro atoms. The SMILES string of the molecule is C=C1OC[C@H](C)N1c1cc2oc(-c3ccc(F)cc3)c(C(=O)O)c2cc1-c1ccccc1.c1ccccc1. The summed E-state index contributed by atoms with van der Waals surface area (Å²) in [4.78, 5) is 14.2. The molecule has 1 N–H and O–H groups in total. The predicted octanol–water partition coefficient (Wildman–Crippen LogP) is 7.99. The maximum Gasteiger partial charge on any atom is 0.340 e. The Morgan fingerprint density at radius 2 is 1.53 bits per heavy atom. The van der Waals surface area contributed by atoms with Gasteiger partial charge >= 0.3 is 5.97 Å². The van der Waals surface area contributed by atoms with Crippen LogP contribution in [0.5, 0.6) is 0 Å². The van der Waals surface area contributed by atoms with E-state index in [2.05, 4.69) is 6.58 Å². The molecule has 0 saturated carbocycles. The number of aromatic carboxylic acids is 1. The van der Waals surface area contributed by atoms with E-state index in [1.807, 2.05) is 90.7 Å². The number of furan rings is 1. The standard InChI is InChI=1S/C26H20FNO4.C6H6/c1-15-14-31-16(2)28(15)22-13-23-21(12-20(22)17-6-4-3-5-7-17)24(26(29)30)25(32-23)18-8-10-19(27)11-9-18;1-2-4-6-5-3-1/h3-13,15H,2,14H2,1H3,(H,29,30);1-6H/t15-;/m0./s1. The number of carbonyl (C=O) groups is 1. The fraction of sp³-hybridized carbons (Fsp3) is 0.0938. The van der Waals surface area contributed by atoms with Crippen LogP contribution in [0.3, 0.4) is 0 Å². The number of rotatable bonds is 4. The van der Waals surface area contributed by atoms with E-state index in [-0.39, 0.29) is 17.4 Å². The minimum atomic E-state index is -1.11. The first-order valence-electron chi connectivity index (χ1n) is 12.2. The summed E-state index contributed by atoms with van der Waals surface area (Å²) in [5.41, 5.74) is 3.53. The van der Waals surface area contributed by atoms with Crippen LogP contribution in [0, 0.1) is 5.82 Å². The van der Waals surface area contributed by atoms with E-state index in [4.69, 9.17) is 9.15 Å². The predicted molar refractivity (Wildman–Crippen MR) is 147 cm³/mol. The van der Waals surface area contributed by atoms with Gasteiger partial charge in [-0.25, -0.2) is 9.18 Å². The Morgan fingerprint density at radius 1 is 0.921 bits per heavy atom. The zero-order valence-electron chi connectivity index (χ0n) is 20.8. The van der Waals surface area contributed by atoms with Crippen molar-refractivity contribution in [2.24, 2.45) is 0 Å². The maximum atomic E-state index is 13.4. The molecule has 5 aromatic rings. The summed E-state index contributed by atoms with van der Waals surface area (Å²) < 4.78 is 25.1. The Morgan fingerprint density at radius 3 is 2.08 bits per heavy atom. The summed E-state index contributed by atoms with van der Waals surface area (Å²) in [6, 6.07) is 31.0. The maximum absolute atomic E-state index is 13.4. The second-order valence-corrected chi connectivity index (χ2v) is 8.93. The number of halogens is 1. The van der Waals surface area contributed by atoms with Crippen LogP contribution < -0.4 is 4.90 Å². The molecule has 0 aliphatic carbocycles. The number of anilines is 1. The van der Waals surface area contributed by atoms with Crippen LogP contribution in [0.4, 0.5) is 10.1 Å². The highest BCUT2D eigenvalue weighted by Crippen LogP contribution is 2.43. The van der Waals surface area contributed by atoms with E-state index in [1.165, 1.54) is 24.3 Å². The lowest BCUT2D eigenvalue weighted by molar-refractivity contribution is 0.0699. The minimum absolute atomic E-state index is 0.0416. The van der Waals surface area contributed by atoms with E-state index >= 15 is 0 Å². The molecule has 0 bridgehead atoms. The molecule has 1 saturated heterocycles. The van der Waals surface area contributed by atoms with Crippen LogP contribution in [0.2, 0.25) is 0 Å². The van der Waals surface area contributed by atoms with Crippen molar-refractivity contribution in [2.45, 2.75) is 13.0 Å². The van der Waals surface area contributed by atoms with E-state index in [9.17, 15) is 14.3 Å². The van der Waals surface area contributed by atoms with Crippen molar-refractivity contribution in [1.29, 1.82) is 0 Å². The van der Waals surface area contributed by atoms with E-state index < -0.39 is 11.8 Å². The van der Waals surface area contributed by atoms with Crippen LogP contribution in [0.15, 0.2) is 120 Å². The normalized spacial score (nSPS) is 14.6. The van der Waals surface area contributed by atoms with Gasteiger partial charge < -0.3 is 19.2 Å². The fourth-order valence-corrected chi connectivity index (χ4v) is 4.56. The zero-order chi connectivity index (χ0) is 26.6. The van der Waals surface area contributed by atoms with Gasteiger partial charge in [0.05, 0.1) is 11.7 Å². The second kappa shape index (κ2) is 10.6. The van der Waals surface area contributed by atoms with Crippen molar-refractivity contribution in [3.8, 4) is 22.5 Å². The Labute approximate surface area is 220 Å². The molecule has 0 unspecified atom stereocenters. The molecule has 6 heteroatoms. The highest BCUT2D eigenvalue weighted by Gasteiger charge is 2.30. The van der Waals surface area contributed by atoms with Gasteiger partial charge in [0.1, 0.15) is 29.3 Å². The number of ether oxygens (including phenoxy) is 1. The summed E-state index contributed by atoms with van der Waals surface area (Å²) in [6.45, 7) is 6.57. The first kappa shape index (κ1) is 24.8. The van der Waals surface area contributed by atoms with Crippen molar-refractivity contribution in [2.75, 3.05) is 11.5 Å². The minimum Gasteiger partial charge on any atom is -0.478 e. The largest absolute Gasteiger partial charge is 0.478 e. The average molecular weight is 508 g/mol. The molecular formula is C32H26FNO4. The Hall–Kier alpha value is -4.84. The van der Waals surface area contributed by atoms with E-state index in [1.54, 1.807) is 0 Å². The zero-order valence-corrected chi connectivity index (χ0v) is 20.8. The highest BCUT2D eigenvalue weighted by atomic mass is 19.1.